The third-order valence-electron chi connectivity index (χ3n) is 3.71. The second-order valence-electron chi connectivity index (χ2n) is 5.21. The molecule has 2 nitrogen and oxygen atoms in total. The number of amidine groups is 1. The van der Waals surface area contributed by atoms with Gasteiger partial charge >= 0.3 is 0 Å². The molecule has 1 aromatic rings. The van der Waals surface area contributed by atoms with Crippen molar-refractivity contribution < 1.29 is 0 Å². The van der Waals surface area contributed by atoms with Crippen LogP contribution >= 0.6 is 11.6 Å². The van der Waals surface area contributed by atoms with Gasteiger partial charge in [-0.15, -0.1) is 0 Å². The number of hydrogen-bond acceptors (Lipinski definition) is 1. The Morgan fingerprint density at radius 3 is 2.72 bits per heavy atom. The quantitative estimate of drug-likeness (QED) is 0.639. The van der Waals surface area contributed by atoms with Gasteiger partial charge in [-0.1, -0.05) is 43.0 Å². The fourth-order valence-electron chi connectivity index (χ4n) is 2.68. The lowest BCUT2D eigenvalue weighted by atomic mass is 9.88. The van der Waals surface area contributed by atoms with E-state index in [0.29, 0.717) is 5.92 Å². The first kappa shape index (κ1) is 13.4. The van der Waals surface area contributed by atoms with Gasteiger partial charge < -0.3 is 4.90 Å². The summed E-state index contributed by atoms with van der Waals surface area (Å²) in [5, 5.41) is 9.05. The predicted octanol–water partition coefficient (Wildman–Crippen LogP) is 4.33. The van der Waals surface area contributed by atoms with Crippen LogP contribution in [0.2, 0.25) is 5.02 Å². The van der Waals surface area contributed by atoms with Crippen LogP contribution in [0.15, 0.2) is 24.3 Å². The second-order valence-corrected chi connectivity index (χ2v) is 5.64. The second kappa shape index (κ2) is 6.24. The van der Waals surface area contributed by atoms with Gasteiger partial charge in [0.2, 0.25) is 0 Å². The standard InChI is InChI=1S/C15H21ClN2/c1-18(11-12-6-5-9-14(16)10-12)15(17)13-7-3-2-4-8-13/h5-6,9-10,13,17H,2-4,7-8,11H2,1H3. The molecule has 1 aliphatic carbocycles. The molecule has 0 atom stereocenters. The molecule has 1 saturated carbocycles. The normalized spacial score (nSPS) is 16.6. The van der Waals surface area contributed by atoms with Gasteiger partial charge in [0.05, 0.1) is 5.84 Å². The number of halogens is 1. The van der Waals surface area contributed by atoms with Crippen LogP contribution in [0.4, 0.5) is 0 Å². The van der Waals surface area contributed by atoms with Crippen molar-refractivity contribution in [2.24, 2.45) is 5.92 Å². The molecule has 1 aromatic carbocycles. The summed E-state index contributed by atoms with van der Waals surface area (Å²) in [6.45, 7) is 0.774. The molecule has 0 spiro atoms. The number of benzene rings is 1. The molecule has 0 unspecified atom stereocenters. The molecule has 0 aliphatic heterocycles. The zero-order valence-electron chi connectivity index (χ0n) is 11.0. The van der Waals surface area contributed by atoms with Gasteiger partial charge in [0.15, 0.2) is 0 Å². The first-order valence-electron chi connectivity index (χ1n) is 6.71. The van der Waals surface area contributed by atoms with Gasteiger partial charge in [0, 0.05) is 24.5 Å². The van der Waals surface area contributed by atoms with Crippen LogP contribution in [0, 0.1) is 11.3 Å². The van der Waals surface area contributed by atoms with E-state index in [0.717, 1.165) is 17.4 Å². The molecule has 98 valence electrons. The Morgan fingerprint density at radius 1 is 1.33 bits per heavy atom. The van der Waals surface area contributed by atoms with Gasteiger partial charge in [-0.25, -0.2) is 0 Å². The SMILES string of the molecule is CN(Cc1cccc(Cl)c1)C(=N)C1CCCCC1. The lowest BCUT2D eigenvalue weighted by Crippen LogP contribution is -2.32. The van der Waals surface area contributed by atoms with Gasteiger partial charge in [0.25, 0.3) is 0 Å². The van der Waals surface area contributed by atoms with E-state index in [2.05, 4.69) is 11.0 Å². The van der Waals surface area contributed by atoms with Gasteiger partial charge in [-0.05, 0) is 30.5 Å². The highest BCUT2D eigenvalue weighted by Gasteiger charge is 2.20. The first-order chi connectivity index (χ1) is 8.66. The zero-order chi connectivity index (χ0) is 13.0. The zero-order valence-corrected chi connectivity index (χ0v) is 11.7. The molecule has 18 heavy (non-hydrogen) atoms. The number of hydrogen-bond donors (Lipinski definition) is 1. The van der Waals surface area contributed by atoms with E-state index >= 15 is 0 Å². The summed E-state index contributed by atoms with van der Waals surface area (Å²) in [5.74, 6) is 1.25. The molecule has 3 heteroatoms. The largest absolute Gasteiger partial charge is 0.359 e. The average Bonchev–Trinajstić information content (AvgIpc) is 2.39. The summed E-state index contributed by atoms with van der Waals surface area (Å²) in [6, 6.07) is 7.90. The molecule has 0 heterocycles. The van der Waals surface area contributed by atoms with E-state index in [-0.39, 0.29) is 0 Å². The van der Waals surface area contributed by atoms with Gasteiger partial charge in [-0.3, -0.25) is 5.41 Å². The minimum atomic E-state index is 0.461. The first-order valence-corrected chi connectivity index (χ1v) is 7.08. The Kier molecular flexibility index (Phi) is 4.65. The van der Waals surface area contributed by atoms with E-state index in [1.165, 1.54) is 37.7 Å². The topological polar surface area (TPSA) is 27.1 Å². The Bertz CT molecular complexity index is 411. The van der Waals surface area contributed by atoms with Crippen molar-refractivity contribution in [1.29, 1.82) is 5.41 Å². The highest BCUT2D eigenvalue weighted by Crippen LogP contribution is 2.25. The summed E-state index contributed by atoms with van der Waals surface area (Å²) in [4.78, 5) is 2.06. The summed E-state index contributed by atoms with van der Waals surface area (Å²) in [5.41, 5.74) is 1.17. The highest BCUT2D eigenvalue weighted by atomic mass is 35.5. The predicted molar refractivity (Wildman–Crippen MR) is 77.2 cm³/mol. The van der Waals surface area contributed by atoms with E-state index in [1.54, 1.807) is 0 Å². The molecule has 0 saturated heterocycles. The van der Waals surface area contributed by atoms with Crippen LogP contribution in [-0.4, -0.2) is 17.8 Å². The fourth-order valence-corrected chi connectivity index (χ4v) is 2.89. The third kappa shape index (κ3) is 3.49. The molecular weight excluding hydrogens is 244 g/mol. The third-order valence-corrected chi connectivity index (χ3v) is 3.95. The Morgan fingerprint density at radius 2 is 2.06 bits per heavy atom. The summed E-state index contributed by atoms with van der Waals surface area (Å²) >= 11 is 5.98. The maximum absolute atomic E-state index is 8.29. The Hall–Kier alpha value is -1.02. The molecule has 1 N–H and O–H groups in total. The maximum atomic E-state index is 8.29. The summed E-state index contributed by atoms with van der Waals surface area (Å²) < 4.78 is 0. The van der Waals surface area contributed by atoms with Crippen molar-refractivity contribution in [2.45, 2.75) is 38.6 Å². The Balaban J connectivity index is 1.94. The molecule has 0 bridgehead atoms. The molecular formula is C15H21ClN2. The lowest BCUT2D eigenvalue weighted by Gasteiger charge is -2.29. The van der Waals surface area contributed by atoms with Crippen LogP contribution in [0.1, 0.15) is 37.7 Å². The molecule has 1 aliphatic rings. The van der Waals surface area contributed by atoms with Gasteiger partial charge in [0.1, 0.15) is 0 Å². The van der Waals surface area contributed by atoms with Crippen molar-refractivity contribution in [2.75, 3.05) is 7.05 Å². The smallest absolute Gasteiger partial charge is 0.0989 e. The number of nitrogens with one attached hydrogen (secondary N) is 1. The lowest BCUT2D eigenvalue weighted by molar-refractivity contribution is 0.382. The van der Waals surface area contributed by atoms with Crippen molar-refractivity contribution in [3.8, 4) is 0 Å². The minimum Gasteiger partial charge on any atom is -0.359 e. The van der Waals surface area contributed by atoms with Gasteiger partial charge in [-0.2, -0.15) is 0 Å². The molecule has 0 aromatic heterocycles. The number of rotatable bonds is 3. The Labute approximate surface area is 114 Å². The van der Waals surface area contributed by atoms with Crippen molar-refractivity contribution >= 4 is 17.4 Å². The maximum Gasteiger partial charge on any atom is 0.0989 e. The summed E-state index contributed by atoms with van der Waals surface area (Å²) in [6.07, 6.45) is 6.25. The van der Waals surface area contributed by atoms with E-state index in [9.17, 15) is 0 Å². The van der Waals surface area contributed by atoms with Crippen LogP contribution in [0.3, 0.4) is 0 Å². The molecule has 2 rings (SSSR count). The van der Waals surface area contributed by atoms with Crippen LogP contribution in [-0.2, 0) is 6.54 Å². The van der Waals surface area contributed by atoms with Crippen molar-refractivity contribution in [3.63, 3.8) is 0 Å². The van der Waals surface area contributed by atoms with E-state index in [4.69, 9.17) is 17.0 Å². The molecule has 0 radical (unpaired) electrons. The van der Waals surface area contributed by atoms with Crippen molar-refractivity contribution in [3.05, 3.63) is 34.9 Å². The monoisotopic (exact) mass is 264 g/mol. The van der Waals surface area contributed by atoms with E-state index in [1.807, 2.05) is 25.2 Å². The van der Waals surface area contributed by atoms with Crippen molar-refractivity contribution in [1.82, 2.24) is 4.90 Å². The summed E-state index contributed by atoms with van der Waals surface area (Å²) in [7, 11) is 2.01. The van der Waals surface area contributed by atoms with Crippen LogP contribution < -0.4 is 0 Å². The minimum absolute atomic E-state index is 0.461. The molecule has 0 amide bonds. The van der Waals surface area contributed by atoms with Crippen LogP contribution in [0.5, 0.6) is 0 Å². The number of nitrogens with zero attached hydrogens (tertiary/aromatic N) is 1. The highest BCUT2D eigenvalue weighted by molar-refractivity contribution is 6.30. The molecule has 1 fully saturated rings. The van der Waals surface area contributed by atoms with E-state index < -0.39 is 0 Å². The fraction of sp³-hybridized carbons (Fsp3) is 0.533. The average molecular weight is 265 g/mol. The van der Waals surface area contributed by atoms with Crippen LogP contribution in [0.25, 0.3) is 0 Å².